The first-order valence-electron chi connectivity index (χ1n) is 9.52. The number of ether oxygens (including phenoxy) is 3. The van der Waals surface area contributed by atoms with Gasteiger partial charge in [0, 0.05) is 49.9 Å². The van der Waals surface area contributed by atoms with Gasteiger partial charge in [0.05, 0.1) is 13.2 Å². The zero-order valence-corrected chi connectivity index (χ0v) is 17.2. The molecular weight excluding hydrogens is 394 g/mol. The normalized spacial score (nSPS) is 18.0. The number of carbonyl (C=O) groups is 1. The molecule has 7 nitrogen and oxygen atoms in total. The average molecular weight is 420 g/mol. The molecule has 29 heavy (non-hydrogen) atoms. The van der Waals surface area contributed by atoms with Gasteiger partial charge in [0.15, 0.2) is 11.5 Å². The Morgan fingerprint density at radius 3 is 2.93 bits per heavy atom. The molecule has 2 aliphatic heterocycles. The van der Waals surface area contributed by atoms with Crippen LogP contribution in [0.1, 0.15) is 18.0 Å². The van der Waals surface area contributed by atoms with Crippen LogP contribution in [0.2, 0.25) is 0 Å². The molecule has 1 saturated heterocycles. The van der Waals surface area contributed by atoms with E-state index in [4.69, 9.17) is 14.2 Å². The molecule has 2 heterocycles. The summed E-state index contributed by atoms with van der Waals surface area (Å²) in [6.45, 7) is 3.54. The van der Waals surface area contributed by atoms with Crippen molar-refractivity contribution in [2.75, 3.05) is 45.4 Å². The van der Waals surface area contributed by atoms with Crippen LogP contribution in [0.3, 0.4) is 0 Å². The number of halogens is 1. The summed E-state index contributed by atoms with van der Waals surface area (Å²) in [5.74, 6) is 2.23. The number of anilines is 1. The van der Waals surface area contributed by atoms with Crippen molar-refractivity contribution in [3.05, 3.63) is 48.0 Å². The van der Waals surface area contributed by atoms with Crippen molar-refractivity contribution >= 4 is 24.0 Å². The summed E-state index contributed by atoms with van der Waals surface area (Å²) in [4.78, 5) is 14.8. The number of carbonyl (C=O) groups excluding carboxylic acids is 1. The van der Waals surface area contributed by atoms with Gasteiger partial charge in [-0.05, 0) is 18.2 Å². The van der Waals surface area contributed by atoms with Crippen molar-refractivity contribution < 1.29 is 19.0 Å². The van der Waals surface area contributed by atoms with Crippen LogP contribution in [0, 0.1) is 0 Å². The second-order valence-electron chi connectivity index (χ2n) is 6.86. The number of para-hydroxylation sites is 1. The maximum atomic E-state index is 12.5. The highest BCUT2D eigenvalue weighted by Crippen LogP contribution is 2.34. The number of rotatable bonds is 6. The second-order valence-corrected chi connectivity index (χ2v) is 6.86. The number of hydrogen-bond acceptors (Lipinski definition) is 6. The molecule has 8 heteroatoms. The lowest BCUT2D eigenvalue weighted by atomic mass is 10.0. The predicted octanol–water partition coefficient (Wildman–Crippen LogP) is 2.82. The first kappa shape index (κ1) is 21.2. The molecule has 0 aliphatic carbocycles. The minimum atomic E-state index is -0.0174. The van der Waals surface area contributed by atoms with Gasteiger partial charge in [-0.1, -0.05) is 18.2 Å². The van der Waals surface area contributed by atoms with Crippen LogP contribution >= 0.6 is 12.4 Å². The van der Waals surface area contributed by atoms with E-state index >= 15 is 0 Å². The van der Waals surface area contributed by atoms with Gasteiger partial charge in [-0.15, -0.1) is 12.4 Å². The Bertz CT molecular complexity index is 848. The van der Waals surface area contributed by atoms with Crippen LogP contribution < -0.4 is 24.8 Å². The van der Waals surface area contributed by atoms with Crippen molar-refractivity contribution in [3.63, 3.8) is 0 Å². The Morgan fingerprint density at radius 1 is 1.24 bits per heavy atom. The maximum Gasteiger partial charge on any atom is 0.231 e. The standard InChI is InChI=1S/C21H25N3O4.ClH/c1-26-18-5-3-2-4-16(18)17-13-22-9-11-24(17)10-8-21(25)23-15-6-7-19-20(12-15)28-14-27-19;/h2-7,12,17,22H,8-11,13-14H2,1H3,(H,23,25);1H. The van der Waals surface area contributed by atoms with Crippen molar-refractivity contribution in [2.45, 2.75) is 12.5 Å². The Hall–Kier alpha value is -2.48. The summed E-state index contributed by atoms with van der Waals surface area (Å²) >= 11 is 0. The van der Waals surface area contributed by atoms with Crippen LogP contribution in [0.4, 0.5) is 5.69 Å². The third kappa shape index (κ3) is 4.93. The van der Waals surface area contributed by atoms with E-state index in [1.165, 1.54) is 0 Å². The van der Waals surface area contributed by atoms with Crippen molar-refractivity contribution in [2.24, 2.45) is 0 Å². The van der Waals surface area contributed by atoms with Gasteiger partial charge in [0.1, 0.15) is 5.75 Å². The number of nitrogens with zero attached hydrogens (tertiary/aromatic N) is 1. The van der Waals surface area contributed by atoms with E-state index in [-0.39, 0.29) is 31.1 Å². The monoisotopic (exact) mass is 419 g/mol. The number of methoxy groups -OCH3 is 1. The first-order chi connectivity index (χ1) is 13.7. The topological polar surface area (TPSA) is 72.1 Å². The molecule has 1 fully saturated rings. The highest BCUT2D eigenvalue weighted by atomic mass is 35.5. The molecule has 156 valence electrons. The fourth-order valence-electron chi connectivity index (χ4n) is 3.71. The number of piperazine rings is 1. The van der Waals surface area contributed by atoms with Gasteiger partial charge in [-0.25, -0.2) is 0 Å². The van der Waals surface area contributed by atoms with Gasteiger partial charge in [-0.2, -0.15) is 0 Å². The zero-order valence-electron chi connectivity index (χ0n) is 16.3. The van der Waals surface area contributed by atoms with Crippen molar-refractivity contribution in [1.29, 1.82) is 0 Å². The molecule has 2 aromatic carbocycles. The number of fused-ring (bicyclic) bond motifs is 1. The number of amides is 1. The molecule has 0 spiro atoms. The van der Waals surface area contributed by atoms with Crippen LogP contribution in [0.5, 0.6) is 17.2 Å². The van der Waals surface area contributed by atoms with E-state index in [1.54, 1.807) is 13.2 Å². The average Bonchev–Trinajstić information content (AvgIpc) is 3.20. The van der Waals surface area contributed by atoms with Gasteiger partial charge in [0.25, 0.3) is 0 Å². The Morgan fingerprint density at radius 2 is 2.07 bits per heavy atom. The smallest absolute Gasteiger partial charge is 0.231 e. The molecular formula is C21H26ClN3O4. The van der Waals surface area contributed by atoms with Crippen molar-refractivity contribution in [1.82, 2.24) is 10.2 Å². The van der Waals surface area contributed by atoms with E-state index in [2.05, 4.69) is 21.6 Å². The van der Waals surface area contributed by atoms with E-state index in [0.717, 1.165) is 36.6 Å². The number of benzene rings is 2. The molecule has 0 bridgehead atoms. The fraction of sp³-hybridized carbons (Fsp3) is 0.381. The quantitative estimate of drug-likeness (QED) is 0.750. The number of nitrogens with one attached hydrogen (secondary N) is 2. The van der Waals surface area contributed by atoms with E-state index in [1.807, 2.05) is 30.3 Å². The van der Waals surface area contributed by atoms with E-state index in [0.29, 0.717) is 24.5 Å². The molecule has 1 unspecified atom stereocenters. The summed E-state index contributed by atoms with van der Waals surface area (Å²) in [5, 5.41) is 6.39. The summed E-state index contributed by atoms with van der Waals surface area (Å²) in [5.41, 5.74) is 1.87. The third-order valence-electron chi connectivity index (χ3n) is 5.13. The lowest BCUT2D eigenvalue weighted by Gasteiger charge is -2.37. The van der Waals surface area contributed by atoms with Gasteiger partial charge >= 0.3 is 0 Å². The molecule has 4 rings (SSSR count). The van der Waals surface area contributed by atoms with Crippen molar-refractivity contribution in [3.8, 4) is 17.2 Å². The zero-order chi connectivity index (χ0) is 19.3. The molecule has 2 N–H and O–H groups in total. The van der Waals surface area contributed by atoms with Crippen LogP contribution in [-0.4, -0.2) is 50.9 Å². The largest absolute Gasteiger partial charge is 0.496 e. The Balaban J connectivity index is 0.00000240. The molecule has 0 saturated carbocycles. The SMILES string of the molecule is COc1ccccc1C1CNCCN1CCC(=O)Nc1ccc2c(c1)OCO2.Cl. The highest BCUT2D eigenvalue weighted by Gasteiger charge is 2.26. The summed E-state index contributed by atoms with van der Waals surface area (Å²) < 4.78 is 16.2. The third-order valence-corrected chi connectivity index (χ3v) is 5.13. The summed E-state index contributed by atoms with van der Waals surface area (Å²) in [6, 6.07) is 13.7. The number of hydrogen-bond donors (Lipinski definition) is 2. The summed E-state index contributed by atoms with van der Waals surface area (Å²) in [6.07, 6.45) is 0.417. The van der Waals surface area contributed by atoms with Gasteiger partial charge in [0.2, 0.25) is 12.7 Å². The Labute approximate surface area is 176 Å². The lowest BCUT2D eigenvalue weighted by molar-refractivity contribution is -0.116. The molecule has 1 amide bonds. The summed E-state index contributed by atoms with van der Waals surface area (Å²) in [7, 11) is 1.69. The van der Waals surface area contributed by atoms with E-state index < -0.39 is 0 Å². The van der Waals surface area contributed by atoms with Crippen LogP contribution in [0.25, 0.3) is 0 Å². The molecule has 0 aromatic heterocycles. The van der Waals surface area contributed by atoms with Crippen LogP contribution in [0.15, 0.2) is 42.5 Å². The van der Waals surface area contributed by atoms with E-state index in [9.17, 15) is 4.79 Å². The predicted molar refractivity (Wildman–Crippen MR) is 113 cm³/mol. The van der Waals surface area contributed by atoms with Gasteiger partial charge < -0.3 is 24.8 Å². The Kier molecular flexibility index (Phi) is 7.19. The second kappa shape index (κ2) is 9.82. The molecule has 2 aliphatic rings. The van der Waals surface area contributed by atoms with Crippen LogP contribution in [-0.2, 0) is 4.79 Å². The lowest BCUT2D eigenvalue weighted by Crippen LogP contribution is -2.46. The fourth-order valence-corrected chi connectivity index (χ4v) is 3.71. The molecule has 2 aromatic rings. The highest BCUT2D eigenvalue weighted by molar-refractivity contribution is 5.91. The molecule has 0 radical (unpaired) electrons. The first-order valence-corrected chi connectivity index (χ1v) is 9.52. The molecule has 1 atom stereocenters. The minimum Gasteiger partial charge on any atom is -0.496 e. The van der Waals surface area contributed by atoms with Gasteiger partial charge in [-0.3, -0.25) is 9.69 Å². The maximum absolute atomic E-state index is 12.5. The minimum absolute atomic E-state index is 0.